The lowest BCUT2D eigenvalue weighted by Crippen LogP contribution is -2.40. The molecule has 0 aromatic heterocycles. The Hall–Kier alpha value is -2.80. The van der Waals surface area contributed by atoms with Gasteiger partial charge in [0.2, 0.25) is 5.91 Å². The fourth-order valence-corrected chi connectivity index (χ4v) is 3.85. The van der Waals surface area contributed by atoms with Crippen LogP contribution >= 0.6 is 0 Å². The van der Waals surface area contributed by atoms with Crippen LogP contribution in [0.2, 0.25) is 0 Å². The molecule has 0 bridgehead atoms. The molecule has 1 amide bonds. The van der Waals surface area contributed by atoms with E-state index in [0.717, 1.165) is 31.5 Å². The van der Waals surface area contributed by atoms with Crippen molar-refractivity contribution in [1.29, 1.82) is 0 Å². The largest absolute Gasteiger partial charge is 0.489 e. The molecule has 2 aliphatic heterocycles. The van der Waals surface area contributed by atoms with Crippen molar-refractivity contribution in [1.82, 2.24) is 10.2 Å². The second kappa shape index (κ2) is 10.0. The van der Waals surface area contributed by atoms with Gasteiger partial charge in [0.25, 0.3) is 0 Å². The van der Waals surface area contributed by atoms with Gasteiger partial charge in [-0.3, -0.25) is 4.79 Å². The smallest absolute Gasteiger partial charge is 0.223 e. The van der Waals surface area contributed by atoms with Crippen LogP contribution < -0.4 is 19.5 Å². The lowest BCUT2D eigenvalue weighted by molar-refractivity contribution is -0.126. The van der Waals surface area contributed by atoms with E-state index in [1.165, 1.54) is 12.1 Å². The van der Waals surface area contributed by atoms with Crippen molar-refractivity contribution in [2.24, 2.45) is 5.92 Å². The van der Waals surface area contributed by atoms with Crippen LogP contribution in [-0.4, -0.2) is 50.2 Å². The minimum atomic E-state index is -0.267. The van der Waals surface area contributed by atoms with E-state index in [0.29, 0.717) is 43.4 Å². The molecule has 1 saturated heterocycles. The Bertz CT molecular complexity index is 882. The first-order chi connectivity index (χ1) is 15.1. The van der Waals surface area contributed by atoms with Gasteiger partial charge in [-0.25, -0.2) is 4.39 Å². The highest BCUT2D eigenvalue weighted by Crippen LogP contribution is 2.35. The van der Waals surface area contributed by atoms with Gasteiger partial charge in [-0.1, -0.05) is 12.1 Å². The molecule has 1 atom stereocenters. The predicted octanol–water partition coefficient (Wildman–Crippen LogP) is 3.39. The van der Waals surface area contributed by atoms with E-state index < -0.39 is 0 Å². The van der Waals surface area contributed by atoms with Gasteiger partial charge >= 0.3 is 0 Å². The van der Waals surface area contributed by atoms with E-state index in [4.69, 9.17) is 14.2 Å². The van der Waals surface area contributed by atoms with Crippen LogP contribution in [-0.2, 0) is 11.4 Å². The van der Waals surface area contributed by atoms with Crippen molar-refractivity contribution in [2.45, 2.75) is 32.0 Å². The van der Waals surface area contributed by atoms with Crippen molar-refractivity contribution < 1.29 is 23.4 Å². The first-order valence-corrected chi connectivity index (χ1v) is 10.8. The molecule has 0 spiro atoms. The zero-order valence-corrected chi connectivity index (χ0v) is 17.8. The number of piperidine rings is 1. The lowest BCUT2D eigenvalue weighted by atomic mass is 9.96. The van der Waals surface area contributed by atoms with E-state index >= 15 is 0 Å². The zero-order chi connectivity index (χ0) is 21.6. The lowest BCUT2D eigenvalue weighted by Gasteiger charge is -2.29. The summed E-state index contributed by atoms with van der Waals surface area (Å²) in [5.74, 6) is 1.96. The van der Waals surface area contributed by atoms with Gasteiger partial charge in [0.1, 0.15) is 30.9 Å². The number of hydrogen-bond acceptors (Lipinski definition) is 5. The van der Waals surface area contributed by atoms with Gasteiger partial charge in [-0.05, 0) is 62.8 Å². The second-order valence-electron chi connectivity index (χ2n) is 8.23. The Morgan fingerprint density at radius 1 is 1.16 bits per heavy atom. The number of amides is 1. The van der Waals surface area contributed by atoms with Gasteiger partial charge < -0.3 is 24.4 Å². The quantitative estimate of drug-likeness (QED) is 0.733. The maximum atomic E-state index is 13.0. The number of carbonyl (C=O) groups is 1. The molecule has 4 rings (SSSR count). The fraction of sp³-hybridized carbons (Fsp3) is 0.458. The van der Waals surface area contributed by atoms with Crippen LogP contribution in [0.5, 0.6) is 17.2 Å². The third kappa shape index (κ3) is 5.88. The molecule has 0 radical (unpaired) electrons. The number of benzene rings is 2. The summed E-state index contributed by atoms with van der Waals surface area (Å²) < 4.78 is 30.7. The Balaban J connectivity index is 1.24. The van der Waals surface area contributed by atoms with Crippen molar-refractivity contribution in [2.75, 3.05) is 33.3 Å². The first kappa shape index (κ1) is 21.4. The molecule has 31 heavy (non-hydrogen) atoms. The first-order valence-electron chi connectivity index (χ1n) is 10.8. The third-order valence-electron chi connectivity index (χ3n) is 5.81. The summed E-state index contributed by atoms with van der Waals surface area (Å²) in [5.41, 5.74) is 0.884. The number of halogens is 1. The zero-order valence-electron chi connectivity index (χ0n) is 17.8. The minimum Gasteiger partial charge on any atom is -0.489 e. The Morgan fingerprint density at radius 2 is 1.94 bits per heavy atom. The molecule has 166 valence electrons. The van der Waals surface area contributed by atoms with Crippen LogP contribution in [0.3, 0.4) is 0 Å². The number of hydrogen-bond donors (Lipinski definition) is 1. The van der Waals surface area contributed by atoms with E-state index in [1.807, 2.05) is 18.2 Å². The normalized spacial score (nSPS) is 19.1. The predicted molar refractivity (Wildman–Crippen MR) is 115 cm³/mol. The topological polar surface area (TPSA) is 60.0 Å². The van der Waals surface area contributed by atoms with Crippen molar-refractivity contribution in [3.63, 3.8) is 0 Å². The number of ether oxygens (including phenoxy) is 3. The minimum absolute atomic E-state index is 0.112. The van der Waals surface area contributed by atoms with E-state index in [9.17, 15) is 9.18 Å². The summed E-state index contributed by atoms with van der Waals surface area (Å²) in [6, 6.07) is 11.7. The average Bonchev–Trinajstić information content (AvgIpc) is 2.79. The highest BCUT2D eigenvalue weighted by Gasteiger charge is 2.25. The summed E-state index contributed by atoms with van der Waals surface area (Å²) in [6.07, 6.45) is 2.38. The fourth-order valence-electron chi connectivity index (χ4n) is 3.85. The summed E-state index contributed by atoms with van der Waals surface area (Å²) in [6.45, 7) is 3.30. The Labute approximate surface area is 182 Å². The molecular weight excluding hydrogens is 399 g/mol. The molecule has 2 aliphatic rings. The van der Waals surface area contributed by atoms with Gasteiger partial charge in [0.15, 0.2) is 11.5 Å². The van der Waals surface area contributed by atoms with Gasteiger partial charge in [-0.15, -0.1) is 0 Å². The summed E-state index contributed by atoms with van der Waals surface area (Å²) in [7, 11) is 2.09. The van der Waals surface area contributed by atoms with Crippen molar-refractivity contribution in [3.8, 4) is 17.2 Å². The SMILES string of the molecule is CN1CCC(C(=O)NCCC2COc3ccc(OCc4ccc(F)cc4)cc3O2)CC1. The molecule has 2 heterocycles. The molecule has 2 aromatic rings. The molecule has 6 nitrogen and oxygen atoms in total. The van der Waals surface area contributed by atoms with Crippen LogP contribution in [0.1, 0.15) is 24.8 Å². The Morgan fingerprint density at radius 3 is 2.71 bits per heavy atom. The molecule has 0 saturated carbocycles. The van der Waals surface area contributed by atoms with E-state index in [2.05, 4.69) is 17.3 Å². The number of carbonyl (C=O) groups excluding carboxylic acids is 1. The number of nitrogens with one attached hydrogen (secondary N) is 1. The number of likely N-dealkylation sites (tertiary alicyclic amines) is 1. The van der Waals surface area contributed by atoms with Crippen LogP contribution in [0, 0.1) is 11.7 Å². The maximum Gasteiger partial charge on any atom is 0.223 e. The highest BCUT2D eigenvalue weighted by atomic mass is 19.1. The number of nitrogens with zero attached hydrogens (tertiary/aromatic N) is 1. The van der Waals surface area contributed by atoms with Crippen LogP contribution in [0.4, 0.5) is 4.39 Å². The van der Waals surface area contributed by atoms with Gasteiger partial charge in [-0.2, -0.15) is 0 Å². The molecular formula is C24H29FN2O4. The average molecular weight is 429 g/mol. The molecule has 1 fully saturated rings. The summed E-state index contributed by atoms with van der Waals surface area (Å²) >= 11 is 0. The third-order valence-corrected chi connectivity index (χ3v) is 5.81. The van der Waals surface area contributed by atoms with Gasteiger partial charge in [0, 0.05) is 24.9 Å². The van der Waals surface area contributed by atoms with Crippen LogP contribution in [0.15, 0.2) is 42.5 Å². The van der Waals surface area contributed by atoms with Crippen molar-refractivity contribution in [3.05, 3.63) is 53.8 Å². The molecule has 1 N–H and O–H groups in total. The Kier molecular flexibility index (Phi) is 6.92. The van der Waals surface area contributed by atoms with Crippen LogP contribution in [0.25, 0.3) is 0 Å². The molecule has 2 aromatic carbocycles. The van der Waals surface area contributed by atoms with E-state index in [-0.39, 0.29) is 23.7 Å². The molecule has 0 aliphatic carbocycles. The summed E-state index contributed by atoms with van der Waals surface area (Å²) in [5, 5.41) is 3.05. The molecule has 7 heteroatoms. The molecule has 1 unspecified atom stereocenters. The standard InChI is InChI=1S/C24H29FN2O4/c1-27-12-9-18(10-13-27)24(28)26-11-8-21-16-30-22-7-6-20(14-23(22)31-21)29-15-17-2-4-19(25)5-3-17/h2-7,14,18,21H,8-13,15-16H2,1H3,(H,26,28). The summed E-state index contributed by atoms with van der Waals surface area (Å²) in [4.78, 5) is 14.6. The second-order valence-corrected chi connectivity index (χ2v) is 8.23. The number of rotatable bonds is 7. The van der Waals surface area contributed by atoms with Crippen molar-refractivity contribution >= 4 is 5.91 Å². The van der Waals surface area contributed by atoms with Gasteiger partial charge in [0.05, 0.1) is 0 Å². The van der Waals surface area contributed by atoms with E-state index in [1.54, 1.807) is 12.1 Å². The monoisotopic (exact) mass is 428 g/mol. The highest BCUT2D eigenvalue weighted by molar-refractivity contribution is 5.78. The maximum absolute atomic E-state index is 13.0. The number of fused-ring (bicyclic) bond motifs is 1.